The molecule has 1 N–H and O–H groups in total. The van der Waals surface area contributed by atoms with Crippen molar-refractivity contribution in [2.75, 3.05) is 19.0 Å². The predicted molar refractivity (Wildman–Crippen MR) is 113 cm³/mol. The number of hydrogen-bond acceptors (Lipinski definition) is 8. The predicted octanol–water partition coefficient (Wildman–Crippen LogP) is 3.44. The van der Waals surface area contributed by atoms with Gasteiger partial charge in [-0.15, -0.1) is 0 Å². The molecule has 9 heteroatoms. The molecule has 0 atom stereocenters. The molecule has 2 rings (SSSR count). The van der Waals surface area contributed by atoms with Gasteiger partial charge in [0.2, 0.25) is 11.8 Å². The standard InChI is InChI=1S/C22H27N3O6/c1-3-30-20(27)8-6-4-5-7-19(26)25-18-14-23-15-24-22(18)31-17-11-9-16(10-12-17)13-21(28)29-2/h9-12,14-15H,3-8,13H2,1-2H3,(H,25,26). The third kappa shape index (κ3) is 8.81. The van der Waals surface area contributed by atoms with Crippen LogP contribution in [0.4, 0.5) is 5.69 Å². The van der Waals surface area contributed by atoms with Crippen molar-refractivity contribution in [3.63, 3.8) is 0 Å². The second kappa shape index (κ2) is 12.9. The molecule has 2 aromatic rings. The molecule has 0 bridgehead atoms. The number of methoxy groups -OCH3 is 1. The number of hydrogen-bond donors (Lipinski definition) is 1. The normalized spacial score (nSPS) is 10.3. The lowest BCUT2D eigenvalue weighted by Crippen LogP contribution is -2.12. The van der Waals surface area contributed by atoms with Crippen LogP contribution in [0.15, 0.2) is 36.8 Å². The molecule has 0 unspecified atom stereocenters. The number of rotatable bonds is 12. The van der Waals surface area contributed by atoms with E-state index in [0.29, 0.717) is 43.7 Å². The summed E-state index contributed by atoms with van der Waals surface area (Å²) in [6.07, 6.45) is 5.71. The first-order chi connectivity index (χ1) is 15.0. The average molecular weight is 429 g/mol. The van der Waals surface area contributed by atoms with Crippen LogP contribution in [0.5, 0.6) is 11.6 Å². The minimum absolute atomic E-state index is 0.172. The molecule has 0 fully saturated rings. The molecule has 0 aliphatic carbocycles. The van der Waals surface area contributed by atoms with E-state index in [-0.39, 0.29) is 30.1 Å². The van der Waals surface area contributed by atoms with Gasteiger partial charge in [0.1, 0.15) is 17.8 Å². The number of nitrogens with zero attached hydrogens (tertiary/aromatic N) is 2. The van der Waals surface area contributed by atoms with Gasteiger partial charge in [-0.05, 0) is 37.5 Å². The van der Waals surface area contributed by atoms with Gasteiger partial charge in [0.05, 0.1) is 26.3 Å². The first-order valence-electron chi connectivity index (χ1n) is 10.1. The third-order valence-electron chi connectivity index (χ3n) is 4.25. The van der Waals surface area contributed by atoms with Crippen LogP contribution in [-0.2, 0) is 30.3 Å². The number of ether oxygens (including phenoxy) is 3. The highest BCUT2D eigenvalue weighted by Crippen LogP contribution is 2.26. The molecule has 1 aromatic heterocycles. The Kier molecular flexibility index (Phi) is 9.93. The number of carbonyl (C=O) groups excluding carboxylic acids is 3. The van der Waals surface area contributed by atoms with E-state index < -0.39 is 0 Å². The number of aromatic nitrogens is 2. The molecular formula is C22H27N3O6. The van der Waals surface area contributed by atoms with Gasteiger partial charge in [0.25, 0.3) is 0 Å². The van der Waals surface area contributed by atoms with E-state index in [9.17, 15) is 14.4 Å². The van der Waals surface area contributed by atoms with E-state index in [1.54, 1.807) is 31.2 Å². The highest BCUT2D eigenvalue weighted by molar-refractivity contribution is 5.91. The Morgan fingerprint density at radius 3 is 2.45 bits per heavy atom. The number of unbranched alkanes of at least 4 members (excludes halogenated alkanes) is 2. The lowest BCUT2D eigenvalue weighted by atomic mass is 10.1. The zero-order chi connectivity index (χ0) is 22.5. The average Bonchev–Trinajstić information content (AvgIpc) is 2.76. The topological polar surface area (TPSA) is 117 Å². The molecule has 0 aliphatic heterocycles. The molecule has 166 valence electrons. The number of esters is 2. The smallest absolute Gasteiger partial charge is 0.309 e. The summed E-state index contributed by atoms with van der Waals surface area (Å²) >= 11 is 0. The number of benzene rings is 1. The van der Waals surface area contributed by atoms with Gasteiger partial charge >= 0.3 is 11.9 Å². The van der Waals surface area contributed by atoms with Crippen molar-refractivity contribution in [1.82, 2.24) is 9.97 Å². The van der Waals surface area contributed by atoms with Crippen molar-refractivity contribution >= 4 is 23.5 Å². The van der Waals surface area contributed by atoms with Crippen molar-refractivity contribution in [2.45, 2.75) is 45.4 Å². The van der Waals surface area contributed by atoms with Gasteiger partial charge in [-0.1, -0.05) is 18.6 Å². The van der Waals surface area contributed by atoms with E-state index in [0.717, 1.165) is 12.0 Å². The Bertz CT molecular complexity index is 870. The molecule has 0 spiro atoms. The Labute approximate surface area is 181 Å². The first kappa shape index (κ1) is 23.8. The molecule has 0 aliphatic rings. The monoisotopic (exact) mass is 429 g/mol. The second-order valence-corrected chi connectivity index (χ2v) is 6.65. The minimum Gasteiger partial charge on any atom is -0.469 e. The zero-order valence-corrected chi connectivity index (χ0v) is 17.8. The Balaban J connectivity index is 1.84. The molecule has 1 aromatic carbocycles. The highest BCUT2D eigenvalue weighted by atomic mass is 16.5. The maximum Gasteiger partial charge on any atom is 0.309 e. The number of amides is 1. The summed E-state index contributed by atoms with van der Waals surface area (Å²) < 4.78 is 15.3. The molecule has 1 heterocycles. The van der Waals surface area contributed by atoms with Crippen molar-refractivity contribution in [3.05, 3.63) is 42.4 Å². The van der Waals surface area contributed by atoms with Crippen molar-refractivity contribution in [2.24, 2.45) is 0 Å². The molecule has 0 saturated heterocycles. The Morgan fingerprint density at radius 2 is 1.74 bits per heavy atom. The maximum atomic E-state index is 12.2. The van der Waals surface area contributed by atoms with Gasteiger partial charge in [-0.2, -0.15) is 4.98 Å². The highest BCUT2D eigenvalue weighted by Gasteiger charge is 2.11. The second-order valence-electron chi connectivity index (χ2n) is 6.65. The van der Waals surface area contributed by atoms with Crippen LogP contribution in [-0.4, -0.2) is 41.5 Å². The maximum absolute atomic E-state index is 12.2. The summed E-state index contributed by atoms with van der Waals surface area (Å²) in [4.78, 5) is 42.9. The third-order valence-corrected chi connectivity index (χ3v) is 4.25. The SMILES string of the molecule is CCOC(=O)CCCCCC(=O)Nc1cncnc1Oc1ccc(CC(=O)OC)cc1. The van der Waals surface area contributed by atoms with Crippen LogP contribution >= 0.6 is 0 Å². The summed E-state index contributed by atoms with van der Waals surface area (Å²) in [5.41, 5.74) is 1.15. The van der Waals surface area contributed by atoms with E-state index in [1.807, 2.05) is 0 Å². The summed E-state index contributed by atoms with van der Waals surface area (Å²) in [5.74, 6) is -0.0127. The minimum atomic E-state index is -0.324. The molecule has 1 amide bonds. The van der Waals surface area contributed by atoms with Crippen molar-refractivity contribution in [1.29, 1.82) is 0 Å². The molecule has 9 nitrogen and oxygen atoms in total. The summed E-state index contributed by atoms with van der Waals surface area (Å²) in [5, 5.41) is 2.75. The summed E-state index contributed by atoms with van der Waals surface area (Å²) in [7, 11) is 1.34. The fourth-order valence-corrected chi connectivity index (χ4v) is 2.69. The fourth-order valence-electron chi connectivity index (χ4n) is 2.69. The fraction of sp³-hybridized carbons (Fsp3) is 0.409. The number of anilines is 1. The molecule has 0 radical (unpaired) electrons. The number of carbonyl (C=O) groups is 3. The van der Waals surface area contributed by atoms with Gasteiger partial charge < -0.3 is 19.5 Å². The largest absolute Gasteiger partial charge is 0.469 e. The van der Waals surface area contributed by atoms with E-state index >= 15 is 0 Å². The first-order valence-corrected chi connectivity index (χ1v) is 10.1. The van der Waals surface area contributed by atoms with Crippen LogP contribution in [0.25, 0.3) is 0 Å². The van der Waals surface area contributed by atoms with Gasteiger partial charge in [0, 0.05) is 12.8 Å². The lowest BCUT2D eigenvalue weighted by Gasteiger charge is -2.11. The number of nitrogens with one attached hydrogen (secondary N) is 1. The van der Waals surface area contributed by atoms with Gasteiger partial charge in [-0.25, -0.2) is 4.98 Å². The van der Waals surface area contributed by atoms with Crippen molar-refractivity contribution < 1.29 is 28.6 Å². The Hall–Kier alpha value is -3.49. The van der Waals surface area contributed by atoms with Crippen LogP contribution in [0.3, 0.4) is 0 Å². The van der Waals surface area contributed by atoms with E-state index in [4.69, 9.17) is 9.47 Å². The summed E-state index contributed by atoms with van der Waals surface area (Å²) in [6.45, 7) is 2.15. The summed E-state index contributed by atoms with van der Waals surface area (Å²) in [6, 6.07) is 6.91. The lowest BCUT2D eigenvalue weighted by molar-refractivity contribution is -0.143. The van der Waals surface area contributed by atoms with Gasteiger partial charge in [-0.3, -0.25) is 14.4 Å². The van der Waals surface area contributed by atoms with Crippen LogP contribution in [0.1, 0.15) is 44.6 Å². The molecular weight excluding hydrogens is 402 g/mol. The molecule has 31 heavy (non-hydrogen) atoms. The van der Waals surface area contributed by atoms with E-state index in [1.165, 1.54) is 19.6 Å². The quantitative estimate of drug-likeness (QED) is 0.403. The van der Waals surface area contributed by atoms with Crippen LogP contribution in [0.2, 0.25) is 0 Å². The van der Waals surface area contributed by atoms with Crippen LogP contribution < -0.4 is 10.1 Å². The van der Waals surface area contributed by atoms with Crippen molar-refractivity contribution in [3.8, 4) is 11.6 Å². The molecule has 0 saturated carbocycles. The van der Waals surface area contributed by atoms with Gasteiger partial charge in [0.15, 0.2) is 0 Å². The van der Waals surface area contributed by atoms with E-state index in [2.05, 4.69) is 20.0 Å². The zero-order valence-electron chi connectivity index (χ0n) is 17.8. The van der Waals surface area contributed by atoms with Crippen LogP contribution in [0, 0.1) is 0 Å². The Morgan fingerprint density at radius 1 is 1.00 bits per heavy atom.